The van der Waals surface area contributed by atoms with Crippen molar-refractivity contribution in [1.29, 1.82) is 0 Å². The first-order valence-corrected chi connectivity index (χ1v) is 20.0. The molecule has 8 rings (SSSR count). The number of piperazine rings is 1. The Morgan fingerprint density at radius 2 is 1.36 bits per heavy atom. The second kappa shape index (κ2) is 17.3. The van der Waals surface area contributed by atoms with Gasteiger partial charge in [-0.1, -0.05) is 36.4 Å². The summed E-state index contributed by atoms with van der Waals surface area (Å²) in [6.07, 6.45) is 1.14. The van der Waals surface area contributed by atoms with Crippen LogP contribution in [-0.2, 0) is 20.4 Å². The number of urea groups is 1. The zero-order valence-corrected chi connectivity index (χ0v) is 34.4. The van der Waals surface area contributed by atoms with Gasteiger partial charge >= 0.3 is 12.0 Å². The van der Waals surface area contributed by atoms with Crippen molar-refractivity contribution >= 4 is 23.8 Å². The Kier molecular flexibility index (Phi) is 12.2. The number of aliphatic carboxylic acids is 1. The predicted molar refractivity (Wildman–Crippen MR) is 216 cm³/mol. The lowest BCUT2D eigenvalue weighted by molar-refractivity contribution is -0.190. The van der Waals surface area contributed by atoms with Crippen molar-refractivity contribution in [3.63, 3.8) is 0 Å². The van der Waals surface area contributed by atoms with Crippen LogP contribution < -0.4 is 29.0 Å². The molecular formula is C43H54N6O10. The molecule has 5 saturated heterocycles. The van der Waals surface area contributed by atoms with Gasteiger partial charge in [-0.2, -0.15) is 0 Å². The average molecular weight is 815 g/mol. The lowest BCUT2D eigenvalue weighted by Crippen LogP contribution is -2.74. The Hall–Kier alpha value is -5.58. The molecular weight excluding hydrogens is 761 g/mol. The third-order valence-electron chi connectivity index (χ3n) is 12.7. The highest BCUT2D eigenvalue weighted by Gasteiger charge is 2.49. The molecule has 0 aromatic heterocycles. The van der Waals surface area contributed by atoms with E-state index in [-0.39, 0.29) is 5.91 Å². The van der Waals surface area contributed by atoms with Crippen LogP contribution in [0.4, 0.5) is 4.79 Å². The van der Waals surface area contributed by atoms with Crippen LogP contribution in [0.15, 0.2) is 60.7 Å². The Labute approximate surface area is 344 Å². The Morgan fingerprint density at radius 3 is 1.95 bits per heavy atom. The van der Waals surface area contributed by atoms with E-state index in [0.717, 1.165) is 11.1 Å². The van der Waals surface area contributed by atoms with E-state index in [2.05, 4.69) is 10.2 Å². The molecule has 4 amide bonds. The number of methoxy groups -OCH3 is 5. The summed E-state index contributed by atoms with van der Waals surface area (Å²) in [6.45, 7) is 4.89. The molecule has 5 aliphatic rings. The maximum Gasteiger partial charge on any atom is 0.343 e. The van der Waals surface area contributed by atoms with Crippen molar-refractivity contribution in [1.82, 2.24) is 30.0 Å². The third kappa shape index (κ3) is 7.83. The standard InChI is InChI=1S/C43H54N6O10/c1-55-32-12-11-31(27-33(32)56-2)42(14-20-47(28-42)38(50)29-25-34(57-3)36(59-5)35(26-29)58-4)13-17-45-18-15-43(16-19-45,30-9-7-6-8-10-30)40(53)44-41(54)49-37(39(51)52)46-21-23-48(49)24-22-46/h6-12,25-27,37H,13-24,28H2,1-5H3,(H,51,52)(H,44,53,54). The molecule has 2 bridgehead atoms. The molecule has 0 radical (unpaired) electrons. The number of carboxylic acids is 1. The fraction of sp³-hybridized carbons (Fsp3) is 0.488. The molecule has 3 aromatic carbocycles. The highest BCUT2D eigenvalue weighted by Crippen LogP contribution is 2.44. The molecule has 5 fully saturated rings. The summed E-state index contributed by atoms with van der Waals surface area (Å²) in [4.78, 5) is 60.5. The molecule has 5 heterocycles. The molecule has 0 saturated carbocycles. The van der Waals surface area contributed by atoms with Crippen LogP contribution in [0.5, 0.6) is 28.7 Å². The van der Waals surface area contributed by atoms with Gasteiger partial charge in [0.25, 0.3) is 5.91 Å². The van der Waals surface area contributed by atoms with E-state index in [1.165, 1.54) is 26.3 Å². The summed E-state index contributed by atoms with van der Waals surface area (Å²) >= 11 is 0. The van der Waals surface area contributed by atoms with Gasteiger partial charge < -0.3 is 38.6 Å². The zero-order valence-electron chi connectivity index (χ0n) is 34.4. The second-order valence-corrected chi connectivity index (χ2v) is 15.6. The number of nitrogens with one attached hydrogen (secondary N) is 1. The SMILES string of the molecule is COc1ccc(C2(CCN3CCC(C(=O)NC(=O)N4C(C(=O)O)N5CCN4CC5)(c4ccccc4)CC3)CCN(C(=O)c3cc(OC)c(OC)c(OC)c3)C2)cc1OC. The molecule has 16 nitrogen and oxygen atoms in total. The number of nitrogens with zero attached hydrogens (tertiary/aromatic N) is 5. The van der Waals surface area contributed by atoms with Crippen LogP contribution in [0.3, 0.4) is 0 Å². The molecule has 316 valence electrons. The predicted octanol–water partition coefficient (Wildman–Crippen LogP) is 3.43. The Balaban J connectivity index is 1.10. The quantitative estimate of drug-likeness (QED) is 0.259. The maximum absolute atomic E-state index is 14.4. The summed E-state index contributed by atoms with van der Waals surface area (Å²) in [5.74, 6) is 0.693. The number of fused-ring (bicyclic) bond motifs is 3. The molecule has 3 aromatic rings. The first-order valence-electron chi connectivity index (χ1n) is 20.0. The molecule has 2 atom stereocenters. The van der Waals surface area contributed by atoms with Crippen LogP contribution in [0.2, 0.25) is 0 Å². The minimum absolute atomic E-state index is 0.154. The smallest absolute Gasteiger partial charge is 0.343 e. The largest absolute Gasteiger partial charge is 0.493 e. The minimum Gasteiger partial charge on any atom is -0.493 e. The van der Waals surface area contributed by atoms with Crippen molar-refractivity contribution in [3.8, 4) is 28.7 Å². The molecule has 16 heteroatoms. The van der Waals surface area contributed by atoms with Crippen LogP contribution in [0, 0.1) is 0 Å². The zero-order chi connectivity index (χ0) is 41.9. The topological polar surface area (TPSA) is 163 Å². The van der Waals surface area contributed by atoms with Gasteiger partial charge in [-0.05, 0) is 80.7 Å². The number of rotatable bonds is 13. The van der Waals surface area contributed by atoms with Crippen molar-refractivity contribution in [3.05, 3.63) is 77.4 Å². The van der Waals surface area contributed by atoms with E-state index in [0.29, 0.717) is 119 Å². The van der Waals surface area contributed by atoms with Gasteiger partial charge in [0, 0.05) is 50.2 Å². The molecule has 5 aliphatic heterocycles. The van der Waals surface area contributed by atoms with E-state index in [9.17, 15) is 24.3 Å². The van der Waals surface area contributed by atoms with Crippen LogP contribution >= 0.6 is 0 Å². The fourth-order valence-electron chi connectivity index (χ4n) is 9.37. The molecule has 0 aliphatic carbocycles. The summed E-state index contributed by atoms with van der Waals surface area (Å²) in [6, 6.07) is 18.1. The minimum atomic E-state index is -1.17. The number of likely N-dealkylation sites (tertiary alicyclic amines) is 2. The second-order valence-electron chi connectivity index (χ2n) is 15.6. The Morgan fingerprint density at radius 1 is 0.712 bits per heavy atom. The van der Waals surface area contributed by atoms with E-state index < -0.39 is 34.9 Å². The van der Waals surface area contributed by atoms with Gasteiger partial charge in [-0.15, -0.1) is 0 Å². The van der Waals surface area contributed by atoms with Gasteiger partial charge in [-0.25, -0.2) is 19.6 Å². The van der Waals surface area contributed by atoms with Gasteiger partial charge in [-0.3, -0.25) is 19.8 Å². The lowest BCUT2D eigenvalue weighted by atomic mass is 9.71. The number of imide groups is 1. The maximum atomic E-state index is 14.4. The molecule has 59 heavy (non-hydrogen) atoms. The summed E-state index contributed by atoms with van der Waals surface area (Å²) < 4.78 is 27.9. The van der Waals surface area contributed by atoms with E-state index in [1.807, 2.05) is 53.4 Å². The van der Waals surface area contributed by atoms with Crippen molar-refractivity contribution < 1.29 is 48.0 Å². The number of benzene rings is 3. The van der Waals surface area contributed by atoms with Crippen molar-refractivity contribution in [2.24, 2.45) is 0 Å². The molecule has 2 unspecified atom stereocenters. The van der Waals surface area contributed by atoms with Gasteiger partial charge in [0.15, 0.2) is 23.0 Å². The van der Waals surface area contributed by atoms with Gasteiger partial charge in [0.05, 0.1) is 41.0 Å². The van der Waals surface area contributed by atoms with E-state index in [4.69, 9.17) is 23.7 Å². The number of carbonyl (C=O) groups excluding carboxylic acids is 3. The Bertz CT molecular complexity index is 2010. The number of hydrogen-bond acceptors (Lipinski definition) is 12. The van der Waals surface area contributed by atoms with Crippen LogP contribution in [0.25, 0.3) is 0 Å². The number of hydrazine groups is 1. The number of piperidine rings is 1. The van der Waals surface area contributed by atoms with E-state index in [1.54, 1.807) is 36.3 Å². The summed E-state index contributed by atoms with van der Waals surface area (Å²) in [5, 5.41) is 15.6. The highest BCUT2D eigenvalue weighted by molar-refractivity contribution is 6.01. The van der Waals surface area contributed by atoms with Crippen LogP contribution in [-0.4, -0.2) is 154 Å². The molecule has 0 spiro atoms. The van der Waals surface area contributed by atoms with Crippen molar-refractivity contribution in [2.75, 3.05) is 94.5 Å². The third-order valence-corrected chi connectivity index (χ3v) is 12.7. The first-order chi connectivity index (χ1) is 28.5. The number of carbonyl (C=O) groups is 4. The van der Waals surface area contributed by atoms with Gasteiger partial charge in [0.1, 0.15) is 0 Å². The van der Waals surface area contributed by atoms with E-state index >= 15 is 0 Å². The lowest BCUT2D eigenvalue weighted by Gasteiger charge is -2.52. The molecule has 2 N–H and O–H groups in total. The van der Waals surface area contributed by atoms with Crippen molar-refractivity contribution in [2.45, 2.75) is 42.7 Å². The first kappa shape index (κ1) is 41.6. The summed E-state index contributed by atoms with van der Waals surface area (Å²) in [5.41, 5.74) is 0.820. The highest BCUT2D eigenvalue weighted by atomic mass is 16.5. The fourth-order valence-corrected chi connectivity index (χ4v) is 9.37. The van der Waals surface area contributed by atoms with Gasteiger partial charge in [0.2, 0.25) is 17.8 Å². The number of ether oxygens (including phenoxy) is 5. The number of amides is 4. The number of carboxylic acid groups (broad SMARTS) is 1. The summed E-state index contributed by atoms with van der Waals surface area (Å²) in [7, 11) is 7.77. The van der Waals surface area contributed by atoms with Crippen LogP contribution in [0.1, 0.15) is 47.2 Å². The normalized spacial score (nSPS) is 23.6. The average Bonchev–Trinajstić information content (AvgIpc) is 3.73. The monoisotopic (exact) mass is 814 g/mol. The number of hydrogen-bond donors (Lipinski definition) is 2.